The van der Waals surface area contributed by atoms with E-state index in [2.05, 4.69) is 10.1 Å². The van der Waals surface area contributed by atoms with Crippen molar-refractivity contribution in [1.82, 2.24) is 10.1 Å². The molecule has 0 radical (unpaired) electrons. The van der Waals surface area contributed by atoms with Gasteiger partial charge in [-0.25, -0.2) is 0 Å². The molecule has 2 aromatic heterocycles. The molecular weight excluding hydrogens is 258 g/mol. The van der Waals surface area contributed by atoms with Crippen molar-refractivity contribution in [2.75, 3.05) is 13.2 Å². The minimum Gasteiger partial charge on any atom is -0.452 e. The van der Waals surface area contributed by atoms with E-state index in [-0.39, 0.29) is 11.1 Å². The Balaban J connectivity index is 2.23. The number of nitrogens with zero attached hydrogens (tertiary/aromatic N) is 2. The Morgan fingerprint density at radius 2 is 2.33 bits per heavy atom. The van der Waals surface area contributed by atoms with E-state index in [1.165, 1.54) is 6.26 Å². The van der Waals surface area contributed by atoms with Crippen molar-refractivity contribution in [3.8, 4) is 11.5 Å². The molecule has 2 N–H and O–H groups in total. The Hall–Kier alpha value is -1.37. The van der Waals surface area contributed by atoms with Crippen LogP contribution >= 0.6 is 11.6 Å². The van der Waals surface area contributed by atoms with Gasteiger partial charge in [0.2, 0.25) is 5.22 Å². The SMILES string of the molecule is CCOCC(C)(N)c1noc(-c2ccoc2Cl)n1. The third-order valence-electron chi connectivity index (χ3n) is 2.39. The van der Waals surface area contributed by atoms with Gasteiger partial charge in [-0.1, -0.05) is 5.16 Å². The minimum atomic E-state index is -0.812. The maximum absolute atomic E-state index is 6.06. The lowest BCUT2D eigenvalue weighted by molar-refractivity contribution is 0.0962. The number of furan rings is 1. The first-order valence-corrected chi connectivity index (χ1v) is 5.86. The summed E-state index contributed by atoms with van der Waals surface area (Å²) in [6.07, 6.45) is 1.45. The van der Waals surface area contributed by atoms with Crippen LogP contribution in [0.1, 0.15) is 19.7 Å². The Kier molecular flexibility index (Phi) is 3.70. The molecule has 0 fully saturated rings. The van der Waals surface area contributed by atoms with Crippen LogP contribution in [0.25, 0.3) is 11.5 Å². The largest absolute Gasteiger partial charge is 0.452 e. The van der Waals surface area contributed by atoms with E-state index in [4.69, 9.17) is 31.0 Å². The zero-order valence-electron chi connectivity index (χ0n) is 10.1. The first-order valence-electron chi connectivity index (χ1n) is 5.49. The lowest BCUT2D eigenvalue weighted by Gasteiger charge is -2.19. The molecule has 98 valence electrons. The van der Waals surface area contributed by atoms with Crippen molar-refractivity contribution in [3.05, 3.63) is 23.4 Å². The predicted octanol–water partition coefficient (Wildman–Crippen LogP) is 2.19. The fourth-order valence-electron chi connectivity index (χ4n) is 1.39. The second kappa shape index (κ2) is 5.09. The van der Waals surface area contributed by atoms with E-state index >= 15 is 0 Å². The molecule has 0 bridgehead atoms. The van der Waals surface area contributed by atoms with Gasteiger partial charge in [0.15, 0.2) is 5.82 Å². The third-order valence-corrected chi connectivity index (χ3v) is 2.68. The Labute approximate surface area is 109 Å². The van der Waals surface area contributed by atoms with Gasteiger partial charge >= 0.3 is 0 Å². The van der Waals surface area contributed by atoms with Gasteiger partial charge in [0, 0.05) is 6.61 Å². The van der Waals surface area contributed by atoms with Crippen molar-refractivity contribution >= 4 is 11.6 Å². The maximum atomic E-state index is 6.06. The minimum absolute atomic E-state index is 0.203. The molecule has 0 amide bonds. The fraction of sp³-hybridized carbons (Fsp3) is 0.455. The summed E-state index contributed by atoms with van der Waals surface area (Å²) in [6, 6.07) is 1.65. The van der Waals surface area contributed by atoms with Crippen LogP contribution in [0.15, 0.2) is 21.3 Å². The van der Waals surface area contributed by atoms with Crippen molar-refractivity contribution in [1.29, 1.82) is 0 Å². The molecule has 0 aliphatic heterocycles. The monoisotopic (exact) mass is 271 g/mol. The van der Waals surface area contributed by atoms with Gasteiger partial charge in [-0.2, -0.15) is 4.98 Å². The predicted molar refractivity (Wildman–Crippen MR) is 65.0 cm³/mol. The summed E-state index contributed by atoms with van der Waals surface area (Å²) in [6.45, 7) is 4.55. The molecule has 18 heavy (non-hydrogen) atoms. The van der Waals surface area contributed by atoms with Crippen LogP contribution in [0.4, 0.5) is 0 Å². The average molecular weight is 272 g/mol. The van der Waals surface area contributed by atoms with Crippen LogP contribution in [0.2, 0.25) is 5.22 Å². The quantitative estimate of drug-likeness (QED) is 0.897. The van der Waals surface area contributed by atoms with E-state index in [9.17, 15) is 0 Å². The Morgan fingerprint density at radius 1 is 1.56 bits per heavy atom. The second-order valence-electron chi connectivity index (χ2n) is 4.09. The van der Waals surface area contributed by atoms with E-state index in [0.717, 1.165) is 0 Å². The summed E-state index contributed by atoms with van der Waals surface area (Å²) in [5.41, 5.74) is 5.80. The van der Waals surface area contributed by atoms with E-state index < -0.39 is 5.54 Å². The first-order chi connectivity index (χ1) is 8.54. The summed E-state index contributed by atoms with van der Waals surface area (Å²) in [4.78, 5) is 4.21. The lowest BCUT2D eigenvalue weighted by Crippen LogP contribution is -2.39. The number of aromatic nitrogens is 2. The Bertz CT molecular complexity index is 521. The zero-order valence-corrected chi connectivity index (χ0v) is 10.9. The van der Waals surface area contributed by atoms with Crippen LogP contribution < -0.4 is 5.73 Å². The molecule has 0 spiro atoms. The van der Waals surface area contributed by atoms with Gasteiger partial charge in [0.05, 0.1) is 18.4 Å². The molecule has 6 nitrogen and oxygen atoms in total. The summed E-state index contributed by atoms with van der Waals surface area (Å²) in [5, 5.41) is 4.05. The molecular formula is C11H14ClN3O3. The zero-order chi connectivity index (χ0) is 13.2. The molecule has 0 saturated heterocycles. The summed E-state index contributed by atoms with van der Waals surface area (Å²) in [7, 11) is 0. The summed E-state index contributed by atoms with van der Waals surface area (Å²) in [5.74, 6) is 0.639. The van der Waals surface area contributed by atoms with Gasteiger partial charge in [0.1, 0.15) is 5.54 Å². The highest BCUT2D eigenvalue weighted by atomic mass is 35.5. The summed E-state index contributed by atoms with van der Waals surface area (Å²) < 4.78 is 15.4. The van der Waals surface area contributed by atoms with Crippen LogP contribution in [0.5, 0.6) is 0 Å². The first kappa shape index (κ1) is 13.1. The topological polar surface area (TPSA) is 87.3 Å². The van der Waals surface area contributed by atoms with Gasteiger partial charge in [0.25, 0.3) is 5.89 Å². The van der Waals surface area contributed by atoms with Gasteiger partial charge in [-0.05, 0) is 31.5 Å². The Morgan fingerprint density at radius 3 is 2.94 bits per heavy atom. The van der Waals surface area contributed by atoms with Gasteiger partial charge in [-0.3, -0.25) is 0 Å². The molecule has 0 aliphatic rings. The molecule has 2 rings (SSSR count). The van der Waals surface area contributed by atoms with Crippen molar-refractivity contribution < 1.29 is 13.7 Å². The molecule has 1 unspecified atom stereocenters. The molecule has 2 aromatic rings. The number of hydrogen-bond donors (Lipinski definition) is 1. The third kappa shape index (κ3) is 2.55. The molecule has 0 saturated carbocycles. The number of nitrogens with two attached hydrogens (primary N) is 1. The maximum Gasteiger partial charge on any atom is 0.262 e. The molecule has 7 heteroatoms. The van der Waals surface area contributed by atoms with Crippen LogP contribution in [-0.2, 0) is 10.3 Å². The van der Waals surface area contributed by atoms with Crippen molar-refractivity contribution in [2.24, 2.45) is 5.73 Å². The second-order valence-corrected chi connectivity index (χ2v) is 4.43. The highest BCUT2D eigenvalue weighted by Crippen LogP contribution is 2.28. The number of rotatable bonds is 5. The number of hydrogen-bond acceptors (Lipinski definition) is 6. The molecule has 1 atom stereocenters. The average Bonchev–Trinajstić information content (AvgIpc) is 2.94. The van der Waals surface area contributed by atoms with Crippen LogP contribution in [0, 0.1) is 0 Å². The van der Waals surface area contributed by atoms with Crippen LogP contribution in [-0.4, -0.2) is 23.4 Å². The lowest BCUT2D eigenvalue weighted by atomic mass is 10.1. The van der Waals surface area contributed by atoms with Gasteiger partial charge < -0.3 is 19.4 Å². The highest BCUT2D eigenvalue weighted by molar-refractivity contribution is 6.31. The molecule has 2 heterocycles. The van der Waals surface area contributed by atoms with E-state index in [1.54, 1.807) is 13.0 Å². The van der Waals surface area contributed by atoms with Crippen molar-refractivity contribution in [2.45, 2.75) is 19.4 Å². The van der Waals surface area contributed by atoms with Crippen LogP contribution in [0.3, 0.4) is 0 Å². The fourth-order valence-corrected chi connectivity index (χ4v) is 1.58. The molecule has 0 aromatic carbocycles. The standard InChI is InChI=1S/C11H14ClN3O3/c1-3-16-6-11(2,13)10-14-9(18-15-10)7-4-5-17-8(7)12/h4-5H,3,6,13H2,1-2H3. The van der Waals surface area contributed by atoms with Crippen molar-refractivity contribution in [3.63, 3.8) is 0 Å². The number of halogens is 1. The van der Waals surface area contributed by atoms with E-state index in [0.29, 0.717) is 24.6 Å². The highest BCUT2D eigenvalue weighted by Gasteiger charge is 2.28. The van der Waals surface area contributed by atoms with Gasteiger partial charge in [-0.15, -0.1) is 0 Å². The van der Waals surface area contributed by atoms with E-state index in [1.807, 2.05) is 6.92 Å². The molecule has 0 aliphatic carbocycles. The smallest absolute Gasteiger partial charge is 0.262 e. The number of ether oxygens (including phenoxy) is 1. The summed E-state index contributed by atoms with van der Waals surface area (Å²) >= 11 is 5.83. The normalized spacial score (nSPS) is 14.7.